The summed E-state index contributed by atoms with van der Waals surface area (Å²) in [6, 6.07) is 2.20. The first kappa shape index (κ1) is 15.1. The van der Waals surface area contributed by atoms with Gasteiger partial charge in [0, 0.05) is 5.88 Å². The van der Waals surface area contributed by atoms with Gasteiger partial charge < -0.3 is 15.3 Å². The van der Waals surface area contributed by atoms with Gasteiger partial charge in [0.15, 0.2) is 0 Å². The summed E-state index contributed by atoms with van der Waals surface area (Å²) in [5.41, 5.74) is -1.30. The molecule has 1 aromatic rings. The molecule has 0 aromatic heterocycles. The summed E-state index contributed by atoms with van der Waals surface area (Å²) in [5, 5.41) is 28.3. The third-order valence-corrected chi connectivity index (χ3v) is 2.60. The zero-order valence-corrected chi connectivity index (χ0v) is 9.91. The van der Waals surface area contributed by atoms with Gasteiger partial charge in [0.05, 0.1) is 11.7 Å². The smallest absolute Gasteiger partial charge is 0.416 e. The highest BCUT2D eigenvalue weighted by atomic mass is 35.5. The van der Waals surface area contributed by atoms with Gasteiger partial charge in [-0.2, -0.15) is 13.2 Å². The average Bonchev–Trinajstić information content (AvgIpc) is 2.26. The number of alkyl halides is 4. The fraction of sp³-hybridized carbons (Fsp3) is 0.455. The molecule has 2 atom stereocenters. The highest BCUT2D eigenvalue weighted by Gasteiger charge is 2.32. The summed E-state index contributed by atoms with van der Waals surface area (Å²) in [7, 11) is 0. The molecule has 0 amide bonds. The molecular formula is C11H12ClF3O3. The van der Waals surface area contributed by atoms with Crippen molar-refractivity contribution in [3.8, 4) is 5.75 Å². The minimum absolute atomic E-state index is 0.0275. The fourth-order valence-corrected chi connectivity index (χ4v) is 1.68. The Morgan fingerprint density at radius 3 is 2.28 bits per heavy atom. The van der Waals surface area contributed by atoms with Crippen LogP contribution < -0.4 is 0 Å². The Hall–Kier alpha value is -0.980. The van der Waals surface area contributed by atoms with Gasteiger partial charge in [-0.25, -0.2) is 0 Å². The Labute approximate surface area is 106 Å². The molecule has 3 nitrogen and oxygen atoms in total. The zero-order valence-electron chi connectivity index (χ0n) is 9.15. The minimum Gasteiger partial charge on any atom is -0.508 e. The number of hydrogen-bond acceptors (Lipinski definition) is 3. The molecular weight excluding hydrogens is 273 g/mol. The third kappa shape index (κ3) is 3.76. The highest BCUT2D eigenvalue weighted by molar-refractivity contribution is 6.17. The molecule has 0 aliphatic heterocycles. The predicted molar refractivity (Wildman–Crippen MR) is 59.4 cm³/mol. The van der Waals surface area contributed by atoms with E-state index in [0.717, 1.165) is 6.07 Å². The maximum atomic E-state index is 12.5. The van der Waals surface area contributed by atoms with Crippen LogP contribution in [0.3, 0.4) is 0 Å². The number of halogens is 4. The van der Waals surface area contributed by atoms with Crippen LogP contribution in [0.15, 0.2) is 18.2 Å². The van der Waals surface area contributed by atoms with Crippen LogP contribution in [-0.2, 0) is 6.18 Å². The van der Waals surface area contributed by atoms with E-state index in [2.05, 4.69) is 0 Å². The first-order valence-corrected chi connectivity index (χ1v) is 5.62. The van der Waals surface area contributed by atoms with E-state index in [0.29, 0.717) is 12.1 Å². The molecule has 0 aliphatic rings. The lowest BCUT2D eigenvalue weighted by Crippen LogP contribution is -2.19. The van der Waals surface area contributed by atoms with Crippen molar-refractivity contribution in [2.45, 2.75) is 24.8 Å². The molecule has 3 N–H and O–H groups in total. The van der Waals surface area contributed by atoms with Crippen molar-refractivity contribution >= 4 is 11.6 Å². The number of aromatic hydroxyl groups is 1. The molecule has 7 heteroatoms. The third-order valence-electron chi connectivity index (χ3n) is 2.38. The molecule has 0 fully saturated rings. The standard InChI is InChI=1S/C11H12ClF3O3/c12-2-1-9(17)10(18)6-3-7(11(13,14)15)5-8(16)4-6/h3-5,9-10,16-18H,1-2H2. The first-order chi connectivity index (χ1) is 8.25. The van der Waals surface area contributed by atoms with Crippen molar-refractivity contribution in [1.82, 2.24) is 0 Å². The van der Waals surface area contributed by atoms with Crippen molar-refractivity contribution in [3.63, 3.8) is 0 Å². The number of phenols is 1. The Bertz CT molecular complexity index is 409. The Kier molecular flexibility index (Phi) is 4.84. The van der Waals surface area contributed by atoms with Gasteiger partial charge in [0.1, 0.15) is 11.9 Å². The second-order valence-electron chi connectivity index (χ2n) is 3.80. The predicted octanol–water partition coefficient (Wildman–Crippen LogP) is 2.43. The molecule has 2 unspecified atom stereocenters. The number of phenolic OH excluding ortho intramolecular Hbond substituents is 1. The molecule has 0 spiro atoms. The highest BCUT2D eigenvalue weighted by Crippen LogP contribution is 2.34. The summed E-state index contributed by atoms with van der Waals surface area (Å²) in [4.78, 5) is 0. The van der Waals surface area contributed by atoms with Crippen LogP contribution in [0.5, 0.6) is 5.75 Å². The van der Waals surface area contributed by atoms with Crippen LogP contribution in [0.1, 0.15) is 23.7 Å². The van der Waals surface area contributed by atoms with E-state index >= 15 is 0 Å². The molecule has 0 saturated heterocycles. The SMILES string of the molecule is Oc1cc(C(O)C(O)CCCl)cc(C(F)(F)F)c1. The molecule has 0 aliphatic carbocycles. The molecule has 0 saturated carbocycles. The number of aliphatic hydroxyl groups excluding tert-OH is 2. The van der Waals surface area contributed by atoms with Crippen molar-refractivity contribution < 1.29 is 28.5 Å². The molecule has 0 heterocycles. The molecule has 18 heavy (non-hydrogen) atoms. The van der Waals surface area contributed by atoms with E-state index in [1.54, 1.807) is 0 Å². The lowest BCUT2D eigenvalue weighted by molar-refractivity contribution is -0.137. The summed E-state index contributed by atoms with van der Waals surface area (Å²) in [6.07, 6.45) is -7.42. The molecule has 102 valence electrons. The van der Waals surface area contributed by atoms with Crippen molar-refractivity contribution in [3.05, 3.63) is 29.3 Å². The first-order valence-electron chi connectivity index (χ1n) is 5.09. The molecule has 1 rings (SSSR count). The second-order valence-corrected chi connectivity index (χ2v) is 4.18. The fourth-order valence-electron chi connectivity index (χ4n) is 1.46. The van der Waals surface area contributed by atoms with E-state index in [9.17, 15) is 28.5 Å². The van der Waals surface area contributed by atoms with Gasteiger partial charge in [-0.05, 0) is 30.2 Å². The van der Waals surface area contributed by atoms with E-state index in [-0.39, 0.29) is 17.9 Å². The van der Waals surface area contributed by atoms with Crippen molar-refractivity contribution in [2.75, 3.05) is 5.88 Å². The lowest BCUT2D eigenvalue weighted by atomic mass is 10.00. The van der Waals surface area contributed by atoms with Crippen LogP contribution in [0.4, 0.5) is 13.2 Å². The van der Waals surface area contributed by atoms with Crippen LogP contribution in [-0.4, -0.2) is 27.3 Å². The maximum Gasteiger partial charge on any atom is 0.416 e. The van der Waals surface area contributed by atoms with Crippen molar-refractivity contribution in [2.24, 2.45) is 0 Å². The number of hydrogen-bond donors (Lipinski definition) is 3. The number of rotatable bonds is 4. The summed E-state index contributed by atoms with van der Waals surface area (Å²) in [6.45, 7) is 0. The zero-order chi connectivity index (χ0) is 13.9. The Morgan fingerprint density at radius 1 is 1.17 bits per heavy atom. The van der Waals surface area contributed by atoms with Gasteiger partial charge in [-0.1, -0.05) is 0 Å². The lowest BCUT2D eigenvalue weighted by Gasteiger charge is -2.18. The van der Waals surface area contributed by atoms with Gasteiger partial charge in [0.2, 0.25) is 0 Å². The summed E-state index contributed by atoms with van der Waals surface area (Å²) in [5.74, 6) is -0.569. The minimum atomic E-state index is -4.63. The second kappa shape index (κ2) is 5.77. The van der Waals surface area contributed by atoms with Crippen LogP contribution >= 0.6 is 11.6 Å². The Balaban J connectivity index is 3.06. The van der Waals surface area contributed by atoms with Crippen LogP contribution in [0.2, 0.25) is 0 Å². The summed E-state index contributed by atoms with van der Waals surface area (Å²) < 4.78 is 37.5. The average molecular weight is 285 g/mol. The Morgan fingerprint density at radius 2 is 1.78 bits per heavy atom. The number of aliphatic hydroxyl groups is 2. The van der Waals surface area contributed by atoms with E-state index < -0.39 is 29.7 Å². The van der Waals surface area contributed by atoms with Gasteiger partial charge in [-0.3, -0.25) is 0 Å². The summed E-state index contributed by atoms with van der Waals surface area (Å²) >= 11 is 5.36. The van der Waals surface area contributed by atoms with E-state index in [1.807, 2.05) is 0 Å². The van der Waals surface area contributed by atoms with E-state index in [1.165, 1.54) is 0 Å². The number of benzene rings is 1. The van der Waals surface area contributed by atoms with Gasteiger partial charge in [0.25, 0.3) is 0 Å². The molecule has 1 aromatic carbocycles. The van der Waals surface area contributed by atoms with E-state index in [4.69, 9.17) is 11.6 Å². The normalized spacial score (nSPS) is 15.4. The quantitative estimate of drug-likeness (QED) is 0.744. The van der Waals surface area contributed by atoms with Crippen LogP contribution in [0, 0.1) is 0 Å². The van der Waals surface area contributed by atoms with Crippen molar-refractivity contribution in [1.29, 1.82) is 0 Å². The van der Waals surface area contributed by atoms with Gasteiger partial charge >= 0.3 is 6.18 Å². The largest absolute Gasteiger partial charge is 0.508 e. The monoisotopic (exact) mass is 284 g/mol. The maximum absolute atomic E-state index is 12.5. The molecule has 0 bridgehead atoms. The topological polar surface area (TPSA) is 60.7 Å². The van der Waals surface area contributed by atoms with Crippen LogP contribution in [0.25, 0.3) is 0 Å². The molecule has 0 radical (unpaired) electrons. The van der Waals surface area contributed by atoms with Gasteiger partial charge in [-0.15, -0.1) is 11.6 Å².